The lowest BCUT2D eigenvalue weighted by atomic mass is 9.89. The van der Waals surface area contributed by atoms with Crippen LogP contribution in [0.1, 0.15) is 18.4 Å². The molecule has 0 saturated carbocycles. The molecule has 4 heteroatoms. The highest BCUT2D eigenvalue weighted by molar-refractivity contribution is 5.21. The summed E-state index contributed by atoms with van der Waals surface area (Å²) in [5.74, 6) is -1.84. The number of piperidine rings is 1. The van der Waals surface area contributed by atoms with E-state index in [2.05, 4.69) is 5.32 Å². The second kappa shape index (κ2) is 4.45. The van der Waals surface area contributed by atoms with Crippen LogP contribution in [-0.2, 0) is 6.42 Å². The molecule has 0 aromatic heterocycles. The van der Waals surface area contributed by atoms with E-state index in [0.717, 1.165) is 19.0 Å². The Labute approximate surface area is 92.7 Å². The average molecular weight is 229 g/mol. The van der Waals surface area contributed by atoms with Crippen LogP contribution in [-0.4, -0.2) is 18.8 Å². The van der Waals surface area contributed by atoms with Crippen molar-refractivity contribution in [3.8, 4) is 0 Å². The highest BCUT2D eigenvalue weighted by atomic mass is 19.2. The summed E-state index contributed by atoms with van der Waals surface area (Å²) < 4.78 is 40.5. The highest BCUT2D eigenvalue weighted by Gasteiger charge is 2.32. The molecule has 0 radical (unpaired) electrons. The molecule has 1 saturated heterocycles. The Morgan fingerprint density at radius 3 is 2.81 bits per heavy atom. The number of hydrogen-bond acceptors (Lipinski definition) is 1. The Bertz CT molecular complexity index is 373. The fourth-order valence-corrected chi connectivity index (χ4v) is 2.11. The molecule has 0 bridgehead atoms. The zero-order chi connectivity index (χ0) is 11.6. The first kappa shape index (κ1) is 11.5. The maximum Gasteiger partial charge on any atom is 0.162 e. The summed E-state index contributed by atoms with van der Waals surface area (Å²) >= 11 is 0. The largest absolute Gasteiger partial charge is 0.314 e. The van der Waals surface area contributed by atoms with Gasteiger partial charge in [0.05, 0.1) is 0 Å². The van der Waals surface area contributed by atoms with Gasteiger partial charge in [-0.25, -0.2) is 13.2 Å². The fourth-order valence-electron chi connectivity index (χ4n) is 2.11. The van der Waals surface area contributed by atoms with Crippen LogP contribution >= 0.6 is 0 Å². The Hall–Kier alpha value is -1.03. The molecule has 1 N–H and O–H groups in total. The van der Waals surface area contributed by atoms with Crippen molar-refractivity contribution in [3.63, 3.8) is 0 Å². The zero-order valence-corrected chi connectivity index (χ0v) is 8.90. The molecule has 1 fully saturated rings. The molecule has 16 heavy (non-hydrogen) atoms. The first-order chi connectivity index (χ1) is 7.61. The van der Waals surface area contributed by atoms with Crippen LogP contribution in [0.3, 0.4) is 0 Å². The predicted molar refractivity (Wildman–Crippen MR) is 56.0 cm³/mol. The van der Waals surface area contributed by atoms with Crippen LogP contribution in [0.25, 0.3) is 0 Å². The maximum atomic E-state index is 14.2. The van der Waals surface area contributed by atoms with Crippen molar-refractivity contribution in [1.29, 1.82) is 0 Å². The molecule has 1 nitrogen and oxygen atoms in total. The summed E-state index contributed by atoms with van der Waals surface area (Å²) in [5, 5.41) is 2.94. The third-order valence-electron chi connectivity index (χ3n) is 2.96. The van der Waals surface area contributed by atoms with E-state index in [4.69, 9.17) is 0 Å². The van der Waals surface area contributed by atoms with E-state index in [1.165, 1.54) is 12.1 Å². The SMILES string of the molecule is Fc1cccc(CC2(F)CCCNC2)c1F. The average Bonchev–Trinajstić information content (AvgIpc) is 2.26. The lowest BCUT2D eigenvalue weighted by Crippen LogP contribution is -2.43. The van der Waals surface area contributed by atoms with Crippen molar-refractivity contribution in [2.24, 2.45) is 0 Å². The molecule has 1 atom stereocenters. The van der Waals surface area contributed by atoms with Crippen LogP contribution in [0.4, 0.5) is 13.2 Å². The lowest BCUT2D eigenvalue weighted by molar-refractivity contribution is 0.121. The smallest absolute Gasteiger partial charge is 0.162 e. The van der Waals surface area contributed by atoms with Crippen molar-refractivity contribution in [3.05, 3.63) is 35.4 Å². The second-order valence-corrected chi connectivity index (χ2v) is 4.32. The van der Waals surface area contributed by atoms with Gasteiger partial charge >= 0.3 is 0 Å². The van der Waals surface area contributed by atoms with E-state index >= 15 is 0 Å². The topological polar surface area (TPSA) is 12.0 Å². The summed E-state index contributed by atoms with van der Waals surface area (Å²) in [6.45, 7) is 1.00. The molecule has 2 rings (SSSR count). The van der Waals surface area contributed by atoms with Gasteiger partial charge in [-0.05, 0) is 31.0 Å². The van der Waals surface area contributed by atoms with Crippen molar-refractivity contribution < 1.29 is 13.2 Å². The molecular formula is C12H14F3N. The van der Waals surface area contributed by atoms with E-state index < -0.39 is 17.3 Å². The zero-order valence-electron chi connectivity index (χ0n) is 8.90. The first-order valence-corrected chi connectivity index (χ1v) is 5.43. The molecule has 1 aromatic rings. The minimum atomic E-state index is -1.45. The molecule has 88 valence electrons. The summed E-state index contributed by atoms with van der Waals surface area (Å²) in [6.07, 6.45) is 1.06. The van der Waals surface area contributed by atoms with Gasteiger partial charge < -0.3 is 5.32 Å². The number of hydrogen-bond donors (Lipinski definition) is 1. The Morgan fingerprint density at radius 2 is 2.12 bits per heavy atom. The van der Waals surface area contributed by atoms with Crippen LogP contribution in [0, 0.1) is 11.6 Å². The van der Waals surface area contributed by atoms with Gasteiger partial charge in [0.2, 0.25) is 0 Å². The first-order valence-electron chi connectivity index (χ1n) is 5.43. The number of rotatable bonds is 2. The molecule has 1 aliphatic rings. The number of alkyl halides is 1. The van der Waals surface area contributed by atoms with Crippen molar-refractivity contribution in [2.45, 2.75) is 24.9 Å². The quantitative estimate of drug-likeness (QED) is 0.822. The van der Waals surface area contributed by atoms with Crippen molar-refractivity contribution in [2.75, 3.05) is 13.1 Å². The monoisotopic (exact) mass is 229 g/mol. The number of benzene rings is 1. The minimum absolute atomic E-state index is 0.0659. The molecule has 1 heterocycles. The third-order valence-corrected chi connectivity index (χ3v) is 2.96. The predicted octanol–water partition coefficient (Wildman–Crippen LogP) is 2.60. The van der Waals surface area contributed by atoms with Crippen molar-refractivity contribution in [1.82, 2.24) is 5.32 Å². The molecular weight excluding hydrogens is 215 g/mol. The van der Waals surface area contributed by atoms with Gasteiger partial charge in [-0.2, -0.15) is 0 Å². The second-order valence-electron chi connectivity index (χ2n) is 4.32. The van der Waals surface area contributed by atoms with Gasteiger partial charge in [0.1, 0.15) is 5.67 Å². The van der Waals surface area contributed by atoms with Crippen LogP contribution < -0.4 is 5.32 Å². The summed E-state index contributed by atoms with van der Waals surface area (Å²) in [5.41, 5.74) is -1.33. The van der Waals surface area contributed by atoms with Gasteiger partial charge in [0.25, 0.3) is 0 Å². The molecule has 0 amide bonds. The minimum Gasteiger partial charge on any atom is -0.314 e. The molecule has 1 aliphatic heterocycles. The van der Waals surface area contributed by atoms with Gasteiger partial charge in [-0.3, -0.25) is 0 Å². The Morgan fingerprint density at radius 1 is 1.31 bits per heavy atom. The number of halogens is 3. The van der Waals surface area contributed by atoms with Gasteiger partial charge in [-0.1, -0.05) is 12.1 Å². The van der Waals surface area contributed by atoms with E-state index in [9.17, 15) is 13.2 Å². The molecule has 1 unspecified atom stereocenters. The van der Waals surface area contributed by atoms with Crippen LogP contribution in [0.5, 0.6) is 0 Å². The van der Waals surface area contributed by atoms with E-state index in [1.54, 1.807) is 0 Å². The van der Waals surface area contributed by atoms with Crippen LogP contribution in [0.15, 0.2) is 18.2 Å². The fraction of sp³-hybridized carbons (Fsp3) is 0.500. The summed E-state index contributed by atoms with van der Waals surface area (Å²) in [6, 6.07) is 3.89. The van der Waals surface area contributed by atoms with E-state index in [1.807, 2.05) is 0 Å². The Kier molecular flexibility index (Phi) is 3.19. The third kappa shape index (κ3) is 2.38. The van der Waals surface area contributed by atoms with E-state index in [0.29, 0.717) is 6.42 Å². The molecule has 1 aromatic carbocycles. The van der Waals surface area contributed by atoms with Gasteiger partial charge in [0.15, 0.2) is 11.6 Å². The normalized spacial score (nSPS) is 25.7. The van der Waals surface area contributed by atoms with Gasteiger partial charge in [0, 0.05) is 13.0 Å². The standard InChI is InChI=1S/C12H14F3N/c13-10-4-1-3-9(11(10)14)7-12(15)5-2-6-16-8-12/h1,3-4,16H,2,5-8H2. The molecule has 0 spiro atoms. The molecule has 0 aliphatic carbocycles. The summed E-state index contributed by atoms with van der Waals surface area (Å²) in [7, 11) is 0. The maximum absolute atomic E-state index is 14.2. The van der Waals surface area contributed by atoms with Gasteiger partial charge in [-0.15, -0.1) is 0 Å². The highest BCUT2D eigenvalue weighted by Crippen LogP contribution is 2.27. The van der Waals surface area contributed by atoms with Crippen molar-refractivity contribution >= 4 is 0 Å². The van der Waals surface area contributed by atoms with E-state index in [-0.39, 0.29) is 18.5 Å². The van der Waals surface area contributed by atoms with Crippen LogP contribution in [0.2, 0.25) is 0 Å². The lowest BCUT2D eigenvalue weighted by Gasteiger charge is -2.30. The number of nitrogens with one attached hydrogen (secondary N) is 1. The summed E-state index contributed by atoms with van der Waals surface area (Å²) in [4.78, 5) is 0. The Balaban J connectivity index is 2.16.